The number of benzene rings is 2. The van der Waals surface area contributed by atoms with Gasteiger partial charge in [-0.15, -0.1) is 11.3 Å². The van der Waals surface area contributed by atoms with Crippen molar-refractivity contribution in [1.29, 1.82) is 0 Å². The van der Waals surface area contributed by atoms with Crippen LogP contribution in [0.1, 0.15) is 66.5 Å². The molecule has 404 valence electrons. The average Bonchev–Trinajstić information content (AvgIpc) is 4.15. The molecule has 23 nitrogen and oxygen atoms in total. The molecule has 1 aliphatic heterocycles. The molecule has 6 atom stereocenters. The smallest absolute Gasteiger partial charge is 0.370 e. The van der Waals surface area contributed by atoms with E-state index in [1.165, 1.54) is 16.2 Å². The number of fused-ring (bicyclic) bond motifs is 1. The number of H-pyrrole nitrogens is 1. The maximum atomic E-state index is 14.7. The van der Waals surface area contributed by atoms with Crippen LogP contribution in [-0.2, 0) is 63.8 Å². The monoisotopic (exact) mass is 1070 g/mol. The summed E-state index contributed by atoms with van der Waals surface area (Å²) in [6, 6.07) is 6.32. The number of hydrogen-bond donors (Lipinski definition) is 12. The highest BCUT2D eigenvalue weighted by Crippen LogP contribution is 2.29. The predicted molar refractivity (Wildman–Crippen MR) is 272 cm³/mol. The van der Waals surface area contributed by atoms with E-state index in [0.717, 1.165) is 35.2 Å². The Morgan fingerprint density at radius 1 is 0.707 bits per heavy atom. The zero-order chi connectivity index (χ0) is 54.8. The zero-order valence-corrected chi connectivity index (χ0v) is 41.5. The Morgan fingerprint density at radius 3 is 1.91 bits per heavy atom. The molecule has 8 amide bonds. The molecule has 2 aromatic heterocycles. The number of thiophene rings is 1. The van der Waals surface area contributed by atoms with E-state index >= 15 is 0 Å². The van der Waals surface area contributed by atoms with Crippen molar-refractivity contribution in [2.45, 2.75) is 107 Å². The average molecular weight is 1070 g/mol. The van der Waals surface area contributed by atoms with E-state index in [1.54, 1.807) is 29.8 Å². The highest BCUT2D eigenvalue weighted by molar-refractivity contribution is 7.10. The van der Waals surface area contributed by atoms with Gasteiger partial charge in [-0.05, 0) is 79.3 Å². The Hall–Kier alpha value is -8.23. The Balaban J connectivity index is 1.44. The van der Waals surface area contributed by atoms with Crippen LogP contribution in [0.25, 0.3) is 10.9 Å². The number of nitrogens with two attached hydrogens (primary N) is 6. The fourth-order valence-corrected chi connectivity index (χ4v) is 9.07. The number of aromatic nitrogens is 1. The molecule has 27 heteroatoms. The summed E-state index contributed by atoms with van der Waals surface area (Å²) in [5.74, 6) is -7.25. The van der Waals surface area contributed by atoms with Crippen LogP contribution in [0.15, 0.2) is 82.2 Å². The molecule has 1 saturated heterocycles. The fraction of sp³-hybridized carbons (Fsp3) is 0.417. The number of likely N-dealkylation sites (tertiary alicyclic amines) is 1. The minimum absolute atomic E-state index is 0.00298. The predicted octanol–water partition coefficient (Wildman–Crippen LogP) is -0.841. The van der Waals surface area contributed by atoms with Crippen LogP contribution in [0.5, 0.6) is 0 Å². The molecule has 0 unspecified atom stereocenters. The van der Waals surface area contributed by atoms with Crippen LogP contribution in [0.4, 0.5) is 13.2 Å². The number of aliphatic imine (C=N–C) groups is 2. The summed E-state index contributed by atoms with van der Waals surface area (Å²) >= 11 is 1.33. The first-order valence-corrected chi connectivity index (χ1v) is 24.7. The van der Waals surface area contributed by atoms with Gasteiger partial charge < -0.3 is 70.9 Å². The molecule has 1 fully saturated rings. The quantitative estimate of drug-likeness (QED) is 0.0198. The summed E-state index contributed by atoms with van der Waals surface area (Å²) in [6.07, 6.45) is -3.72. The van der Waals surface area contributed by atoms with Crippen molar-refractivity contribution < 1.29 is 51.5 Å². The number of guanidine groups is 2. The van der Waals surface area contributed by atoms with Crippen molar-refractivity contribution in [1.82, 2.24) is 36.5 Å². The zero-order valence-electron chi connectivity index (χ0n) is 40.7. The van der Waals surface area contributed by atoms with Crippen LogP contribution in [0.3, 0.4) is 0 Å². The number of para-hydroxylation sites is 1. The Morgan fingerprint density at radius 2 is 1.31 bits per heavy atom. The fourth-order valence-electron chi connectivity index (χ4n) is 8.37. The van der Waals surface area contributed by atoms with Gasteiger partial charge in [-0.25, -0.2) is 0 Å². The second kappa shape index (κ2) is 27.2. The summed E-state index contributed by atoms with van der Waals surface area (Å²) in [5.41, 5.74) is 33.2. The normalized spacial score (nSPS) is 15.3. The number of amides is 8. The van der Waals surface area contributed by atoms with Gasteiger partial charge >= 0.3 is 6.18 Å². The van der Waals surface area contributed by atoms with Gasteiger partial charge in [-0.2, -0.15) is 13.2 Å². The number of primary amides is 2. The van der Waals surface area contributed by atoms with E-state index in [4.69, 9.17) is 34.4 Å². The SMILES string of the molecule is NC(=O)C[C@H](NC(=O)[C@H](CCCN=C(N)N)NC(=O)[C@@H]1CCCN1C(=O)[C@H](CCCN=C(N)N)NC(=O)[C@H](Cc1ccc(C(F)(F)F)cc1)NC(=O)[C@H](Cc1c[nH]c2ccccc12)NC(=O)Cc1cccs1)C(N)=O. The maximum absolute atomic E-state index is 14.7. The molecule has 0 bridgehead atoms. The van der Waals surface area contributed by atoms with Gasteiger partial charge in [-0.3, -0.25) is 48.3 Å². The van der Waals surface area contributed by atoms with E-state index in [0.29, 0.717) is 16.9 Å². The number of nitrogens with one attached hydrogen (secondary N) is 6. The summed E-state index contributed by atoms with van der Waals surface area (Å²) in [7, 11) is 0. The van der Waals surface area contributed by atoms with Gasteiger partial charge in [0.25, 0.3) is 0 Å². The maximum Gasteiger partial charge on any atom is 0.416 e. The van der Waals surface area contributed by atoms with Crippen LogP contribution in [-0.4, -0.2) is 125 Å². The first kappa shape index (κ1) is 57.7. The molecule has 2 aromatic carbocycles. The molecule has 0 saturated carbocycles. The van der Waals surface area contributed by atoms with E-state index in [9.17, 15) is 51.5 Å². The second-order valence-electron chi connectivity index (χ2n) is 17.7. The summed E-state index contributed by atoms with van der Waals surface area (Å²) < 4.78 is 40.9. The lowest BCUT2D eigenvalue weighted by molar-refractivity contribution is -0.142. The van der Waals surface area contributed by atoms with Crippen molar-refractivity contribution in [3.63, 3.8) is 0 Å². The van der Waals surface area contributed by atoms with Gasteiger partial charge in [0.15, 0.2) is 11.9 Å². The third-order valence-corrected chi connectivity index (χ3v) is 12.9. The van der Waals surface area contributed by atoms with Crippen LogP contribution < -0.4 is 61.0 Å². The molecular formula is C48H62F3N15O8S. The topological polar surface area (TPSA) is 397 Å². The van der Waals surface area contributed by atoms with Gasteiger partial charge in [0, 0.05) is 54.5 Å². The molecule has 1 aliphatic rings. The summed E-state index contributed by atoms with van der Waals surface area (Å²) in [6.45, 7) is 0.0391. The summed E-state index contributed by atoms with van der Waals surface area (Å²) in [4.78, 5) is 122. The largest absolute Gasteiger partial charge is 0.416 e. The second-order valence-corrected chi connectivity index (χ2v) is 18.8. The molecule has 3 heterocycles. The molecule has 75 heavy (non-hydrogen) atoms. The van der Waals surface area contributed by atoms with Gasteiger partial charge in [0.05, 0.1) is 18.4 Å². The lowest BCUT2D eigenvalue weighted by atomic mass is 10.00. The number of hydrogen-bond acceptors (Lipinski definition) is 11. The minimum Gasteiger partial charge on any atom is -0.370 e. The minimum atomic E-state index is -4.68. The van der Waals surface area contributed by atoms with Gasteiger partial charge in [-0.1, -0.05) is 36.4 Å². The molecule has 4 aromatic rings. The highest BCUT2D eigenvalue weighted by Gasteiger charge is 2.40. The van der Waals surface area contributed by atoms with Crippen molar-refractivity contribution >= 4 is 81.4 Å². The Kier molecular flexibility index (Phi) is 20.9. The number of rotatable bonds is 27. The highest BCUT2D eigenvalue weighted by atomic mass is 32.1. The van der Waals surface area contributed by atoms with Crippen LogP contribution in [0.2, 0.25) is 0 Å². The van der Waals surface area contributed by atoms with Crippen LogP contribution in [0, 0.1) is 0 Å². The molecular weight excluding hydrogens is 1000 g/mol. The standard InChI is InChI=1S/C48H62F3N15O8S/c49-48(50,51)28-15-13-26(14-16-28)21-35(65-43(72)36(61-39(68)23-29-7-6-20-75-29)22-27-25-60-31-9-2-1-8-30(27)31)42(71)63-33(11-4-18-59-47(56)57)45(74)66-19-5-12-37(66)44(73)62-32(10-3-17-58-46(54)55)41(70)64-34(40(53)69)24-38(52)67/h1-2,6-9,13-16,20,25,32-37,60H,3-5,10-12,17-19,21-24H2,(H2,52,67)(H2,53,69)(H,61,68)(H,62,73)(H,63,71)(H,64,70)(H,65,72)(H4,54,55,58)(H4,56,57,59)/t32-,33-,34-,35-,36-,37-/m0/s1. The summed E-state index contributed by atoms with van der Waals surface area (Å²) in [5, 5.41) is 15.7. The van der Waals surface area contributed by atoms with E-state index in [-0.39, 0.29) is 88.5 Å². The first-order valence-electron chi connectivity index (χ1n) is 23.8. The van der Waals surface area contributed by atoms with E-state index in [2.05, 4.69) is 41.6 Å². The molecule has 5 rings (SSSR count). The number of carbonyl (C=O) groups excluding carboxylic acids is 8. The third kappa shape index (κ3) is 17.7. The third-order valence-electron chi connectivity index (χ3n) is 12.1. The molecule has 18 N–H and O–H groups in total. The first-order chi connectivity index (χ1) is 35.6. The number of alkyl halides is 3. The Bertz CT molecular complexity index is 2710. The number of aromatic amines is 1. The lowest BCUT2D eigenvalue weighted by Gasteiger charge is -2.31. The van der Waals surface area contributed by atoms with E-state index in [1.807, 2.05) is 18.2 Å². The number of carbonyl (C=O) groups is 8. The van der Waals surface area contributed by atoms with Crippen molar-refractivity contribution in [2.75, 3.05) is 19.6 Å². The van der Waals surface area contributed by atoms with Gasteiger partial charge in [0.2, 0.25) is 47.3 Å². The number of nitrogens with zero attached hydrogens (tertiary/aromatic N) is 3. The number of halogens is 3. The molecule has 0 spiro atoms. The lowest BCUT2D eigenvalue weighted by Crippen LogP contribution is -2.60. The molecule has 0 radical (unpaired) electrons. The van der Waals surface area contributed by atoms with Gasteiger partial charge in [0.1, 0.15) is 36.3 Å². The van der Waals surface area contributed by atoms with Crippen LogP contribution >= 0.6 is 11.3 Å². The van der Waals surface area contributed by atoms with Crippen molar-refractivity contribution in [3.05, 3.63) is 93.8 Å². The van der Waals surface area contributed by atoms with E-state index < -0.39 is 102 Å². The molecule has 0 aliphatic carbocycles. The Labute approximate surface area is 432 Å². The van der Waals surface area contributed by atoms with Crippen molar-refractivity contribution in [2.24, 2.45) is 44.4 Å². The van der Waals surface area contributed by atoms with Crippen molar-refractivity contribution in [3.8, 4) is 0 Å².